The Morgan fingerprint density at radius 3 is 2.22 bits per heavy atom. The number of rotatable bonds is 2. The van der Waals surface area contributed by atoms with Gasteiger partial charge in [-0.25, -0.2) is 4.79 Å². The van der Waals surface area contributed by atoms with Crippen LogP contribution in [0.25, 0.3) is 0 Å². The molecule has 1 atom stereocenters. The van der Waals surface area contributed by atoms with Crippen LogP contribution in [0, 0.1) is 5.92 Å². The smallest absolute Gasteiger partial charge is 0.225 e. The summed E-state index contributed by atoms with van der Waals surface area (Å²) in [6, 6.07) is 0. The molecule has 3 nitrogen and oxygen atoms in total. The molecule has 1 amide bonds. The lowest BCUT2D eigenvalue weighted by Crippen LogP contribution is -2.21. The molecule has 0 spiro atoms. The summed E-state index contributed by atoms with van der Waals surface area (Å²) in [7, 11) is 0. The van der Waals surface area contributed by atoms with Crippen molar-refractivity contribution in [2.24, 2.45) is 11.7 Å². The van der Waals surface area contributed by atoms with Gasteiger partial charge in [0.2, 0.25) is 5.91 Å². The third-order valence-corrected chi connectivity index (χ3v) is 1.24. The molecule has 0 radical (unpaired) electrons. The van der Waals surface area contributed by atoms with Gasteiger partial charge in [-0.15, -0.1) is 0 Å². The molecule has 2 N–H and O–H groups in total. The first-order valence-electron chi connectivity index (χ1n) is 2.60. The lowest BCUT2D eigenvalue weighted by atomic mass is 10.0. The minimum absolute atomic E-state index is 0.350. The van der Waals surface area contributed by atoms with Crippen molar-refractivity contribution in [3.8, 4) is 0 Å². The molecular formula is C6H9NO2. The van der Waals surface area contributed by atoms with Gasteiger partial charge in [-0.1, -0.05) is 0 Å². The van der Waals surface area contributed by atoms with Crippen LogP contribution < -0.4 is 5.73 Å². The Labute approximate surface area is 53.5 Å². The Morgan fingerprint density at radius 2 is 2.11 bits per heavy atom. The first kappa shape index (κ1) is 7.92. The molecule has 0 bridgehead atoms. The Balaban J connectivity index is 4.21. The Bertz CT molecular complexity index is 168. The zero-order valence-corrected chi connectivity index (χ0v) is 5.47. The van der Waals surface area contributed by atoms with E-state index in [1.807, 2.05) is 0 Å². The molecule has 0 aliphatic rings. The number of carbonyl (C=O) groups excluding carboxylic acids is 2. The highest BCUT2D eigenvalue weighted by Gasteiger charge is 2.10. The first-order valence-corrected chi connectivity index (χ1v) is 2.60. The summed E-state index contributed by atoms with van der Waals surface area (Å²) >= 11 is 0. The van der Waals surface area contributed by atoms with Gasteiger partial charge in [-0.2, -0.15) is 0 Å². The monoisotopic (exact) mass is 127 g/mol. The molecular weight excluding hydrogens is 118 g/mol. The van der Waals surface area contributed by atoms with Gasteiger partial charge < -0.3 is 5.73 Å². The molecule has 0 aromatic rings. The van der Waals surface area contributed by atoms with E-state index in [2.05, 4.69) is 0 Å². The second-order valence-corrected chi connectivity index (χ2v) is 1.91. The number of amides is 1. The van der Waals surface area contributed by atoms with Gasteiger partial charge in [0.05, 0.1) is 5.92 Å². The van der Waals surface area contributed by atoms with Crippen LogP contribution in [0.4, 0.5) is 0 Å². The summed E-state index contributed by atoms with van der Waals surface area (Å²) in [5.41, 5.74) is 5.22. The van der Waals surface area contributed by atoms with Crippen LogP contribution in [0.3, 0.4) is 0 Å². The van der Waals surface area contributed by atoms with Crippen LogP contribution >= 0.6 is 0 Å². The normalized spacial score (nSPS) is 11.8. The summed E-state index contributed by atoms with van der Waals surface area (Å²) in [5.74, 6) is 0.638. The quantitative estimate of drug-likeness (QED) is 0.526. The highest BCUT2D eigenvalue weighted by molar-refractivity contribution is 5.81. The van der Waals surface area contributed by atoms with Gasteiger partial charge >= 0.3 is 0 Å². The van der Waals surface area contributed by atoms with Gasteiger partial charge in [0, 0.05) is 5.57 Å². The van der Waals surface area contributed by atoms with Gasteiger partial charge in [0.25, 0.3) is 0 Å². The molecule has 0 rings (SSSR count). The summed E-state index contributed by atoms with van der Waals surface area (Å²) in [5, 5.41) is 0. The van der Waals surface area contributed by atoms with E-state index in [4.69, 9.17) is 5.73 Å². The molecule has 0 heterocycles. The van der Waals surface area contributed by atoms with Crippen molar-refractivity contribution in [1.82, 2.24) is 0 Å². The Morgan fingerprint density at radius 1 is 1.67 bits per heavy atom. The van der Waals surface area contributed by atoms with E-state index in [-0.39, 0.29) is 0 Å². The molecule has 3 heteroatoms. The van der Waals surface area contributed by atoms with Crippen molar-refractivity contribution in [2.45, 2.75) is 13.8 Å². The van der Waals surface area contributed by atoms with Crippen molar-refractivity contribution in [3.05, 3.63) is 5.57 Å². The molecule has 0 aromatic carbocycles. The standard InChI is InChI=1S/C6H9NO2/c1-4(3-8)5(2)6(7)9/h5H,1-2H3,(H2,7,9). The fourth-order valence-electron chi connectivity index (χ4n) is 0.302. The highest BCUT2D eigenvalue weighted by atomic mass is 16.1. The zero-order valence-electron chi connectivity index (χ0n) is 5.47. The van der Waals surface area contributed by atoms with Gasteiger partial charge in [-0.05, 0) is 13.8 Å². The lowest BCUT2D eigenvalue weighted by Gasteiger charge is -2.00. The van der Waals surface area contributed by atoms with E-state index in [0.29, 0.717) is 5.57 Å². The molecule has 0 saturated carbocycles. The van der Waals surface area contributed by atoms with Gasteiger partial charge in [-0.3, -0.25) is 4.79 Å². The summed E-state index contributed by atoms with van der Waals surface area (Å²) < 4.78 is 0. The molecule has 0 aliphatic heterocycles. The third-order valence-electron chi connectivity index (χ3n) is 1.24. The van der Waals surface area contributed by atoms with Crippen molar-refractivity contribution in [1.29, 1.82) is 0 Å². The van der Waals surface area contributed by atoms with Crippen LogP contribution in [0.1, 0.15) is 13.8 Å². The second-order valence-electron chi connectivity index (χ2n) is 1.91. The van der Waals surface area contributed by atoms with Gasteiger partial charge in [0.1, 0.15) is 5.94 Å². The Hall–Kier alpha value is -1.08. The molecule has 0 fully saturated rings. The van der Waals surface area contributed by atoms with Crippen LogP contribution in [0.15, 0.2) is 5.57 Å². The molecule has 0 aromatic heterocycles. The van der Waals surface area contributed by atoms with E-state index in [1.54, 1.807) is 12.9 Å². The second kappa shape index (κ2) is 3.05. The predicted molar refractivity (Wildman–Crippen MR) is 33.2 cm³/mol. The molecule has 0 aliphatic carbocycles. The number of hydrogen-bond acceptors (Lipinski definition) is 2. The number of nitrogens with two attached hydrogens (primary N) is 1. The molecule has 50 valence electrons. The number of hydrogen-bond donors (Lipinski definition) is 1. The largest absolute Gasteiger partial charge is 0.369 e. The average molecular weight is 127 g/mol. The van der Waals surface area contributed by atoms with E-state index in [0.717, 1.165) is 0 Å². The molecule has 0 saturated heterocycles. The fourth-order valence-corrected chi connectivity index (χ4v) is 0.302. The van der Waals surface area contributed by atoms with E-state index >= 15 is 0 Å². The van der Waals surface area contributed by atoms with Crippen molar-refractivity contribution in [3.63, 3.8) is 0 Å². The average Bonchev–Trinajstić information content (AvgIpc) is 1.84. The van der Waals surface area contributed by atoms with E-state index in [1.165, 1.54) is 6.92 Å². The van der Waals surface area contributed by atoms with Gasteiger partial charge in [0.15, 0.2) is 0 Å². The van der Waals surface area contributed by atoms with Crippen LogP contribution in [-0.2, 0) is 9.59 Å². The number of primary amides is 1. The minimum atomic E-state index is -0.490. The van der Waals surface area contributed by atoms with E-state index in [9.17, 15) is 9.59 Å². The SMILES string of the molecule is CC(=C=O)C(C)C(N)=O. The van der Waals surface area contributed by atoms with Crippen molar-refractivity contribution < 1.29 is 9.59 Å². The lowest BCUT2D eigenvalue weighted by molar-refractivity contribution is -0.120. The van der Waals surface area contributed by atoms with Crippen LogP contribution in [0.2, 0.25) is 0 Å². The fraction of sp³-hybridized carbons (Fsp3) is 0.500. The third kappa shape index (κ3) is 2.11. The highest BCUT2D eigenvalue weighted by Crippen LogP contribution is 2.03. The van der Waals surface area contributed by atoms with Crippen molar-refractivity contribution >= 4 is 11.8 Å². The Kier molecular flexibility index (Phi) is 2.68. The summed E-state index contributed by atoms with van der Waals surface area (Å²) in [4.78, 5) is 20.2. The summed E-state index contributed by atoms with van der Waals surface area (Å²) in [6.45, 7) is 3.10. The minimum Gasteiger partial charge on any atom is -0.369 e. The van der Waals surface area contributed by atoms with Crippen LogP contribution in [0.5, 0.6) is 0 Å². The number of carbonyl (C=O) groups is 1. The first-order chi connectivity index (χ1) is 4.09. The molecule has 1 unspecified atom stereocenters. The maximum absolute atomic E-state index is 10.3. The van der Waals surface area contributed by atoms with Crippen LogP contribution in [-0.4, -0.2) is 11.8 Å². The molecule has 9 heavy (non-hydrogen) atoms. The van der Waals surface area contributed by atoms with Crippen molar-refractivity contribution in [2.75, 3.05) is 0 Å². The maximum atomic E-state index is 10.3. The predicted octanol–water partition coefficient (Wildman–Crippen LogP) is -0.114. The maximum Gasteiger partial charge on any atom is 0.225 e. The topological polar surface area (TPSA) is 60.2 Å². The summed E-state index contributed by atoms with van der Waals surface area (Å²) in [6.07, 6.45) is 0. The van der Waals surface area contributed by atoms with E-state index < -0.39 is 11.8 Å². The zero-order chi connectivity index (χ0) is 7.44.